The SMILES string of the molecule is CN=C(NCCN1CCOCC1)NCC1COC2(CCCCCC2)O1.I. The standard InChI is InChI=1S/C18H34N4O3.HI/c1-19-17(20-8-9-22-10-12-23-13-11-22)21-14-16-15-24-18(25-16)6-4-2-3-5-7-18;/h16H,2-15H2,1H3,(H2,19,20,21);1H. The second kappa shape index (κ2) is 11.6. The van der Waals surface area contributed by atoms with Crippen LogP contribution in [-0.2, 0) is 14.2 Å². The minimum atomic E-state index is -0.309. The number of halogens is 1. The minimum absolute atomic E-state index is 0. The van der Waals surface area contributed by atoms with Crippen molar-refractivity contribution in [3.63, 3.8) is 0 Å². The Morgan fingerprint density at radius 1 is 1.12 bits per heavy atom. The average Bonchev–Trinajstić information content (AvgIpc) is 2.90. The molecule has 0 bridgehead atoms. The zero-order valence-corrected chi connectivity index (χ0v) is 18.3. The van der Waals surface area contributed by atoms with Crippen molar-refractivity contribution in [3.8, 4) is 0 Å². The average molecular weight is 482 g/mol. The van der Waals surface area contributed by atoms with Crippen molar-refractivity contribution >= 4 is 29.9 Å². The van der Waals surface area contributed by atoms with Crippen LogP contribution in [0.2, 0.25) is 0 Å². The first-order valence-corrected chi connectivity index (χ1v) is 9.86. The van der Waals surface area contributed by atoms with E-state index in [9.17, 15) is 0 Å². The highest BCUT2D eigenvalue weighted by Gasteiger charge is 2.41. The van der Waals surface area contributed by atoms with E-state index < -0.39 is 0 Å². The van der Waals surface area contributed by atoms with E-state index in [1.54, 1.807) is 0 Å². The van der Waals surface area contributed by atoms with Gasteiger partial charge in [0.15, 0.2) is 11.7 Å². The molecule has 2 aliphatic heterocycles. The van der Waals surface area contributed by atoms with Crippen LogP contribution in [0.5, 0.6) is 0 Å². The van der Waals surface area contributed by atoms with E-state index in [-0.39, 0.29) is 35.9 Å². The van der Waals surface area contributed by atoms with Gasteiger partial charge in [-0.25, -0.2) is 0 Å². The second-order valence-corrected chi connectivity index (χ2v) is 7.21. The Labute approximate surface area is 174 Å². The highest BCUT2D eigenvalue weighted by atomic mass is 127. The molecule has 1 saturated carbocycles. The van der Waals surface area contributed by atoms with Crippen molar-refractivity contribution in [2.45, 2.75) is 50.4 Å². The lowest BCUT2D eigenvalue weighted by molar-refractivity contribution is -0.175. The highest BCUT2D eigenvalue weighted by Crippen LogP contribution is 2.36. The first kappa shape index (κ1) is 22.1. The molecule has 1 spiro atoms. The van der Waals surface area contributed by atoms with Gasteiger partial charge >= 0.3 is 0 Å². The van der Waals surface area contributed by atoms with E-state index in [0.29, 0.717) is 6.61 Å². The molecule has 1 atom stereocenters. The number of morpholine rings is 1. The van der Waals surface area contributed by atoms with Crippen molar-refractivity contribution in [1.82, 2.24) is 15.5 Å². The molecule has 7 nitrogen and oxygen atoms in total. The van der Waals surface area contributed by atoms with Crippen LogP contribution in [0, 0.1) is 0 Å². The van der Waals surface area contributed by atoms with Gasteiger partial charge in [0.05, 0.1) is 19.8 Å². The predicted molar refractivity (Wildman–Crippen MR) is 113 cm³/mol. The molecule has 0 aromatic carbocycles. The van der Waals surface area contributed by atoms with Gasteiger partial charge in [-0.15, -0.1) is 24.0 Å². The Balaban J connectivity index is 0.00000243. The molecule has 0 radical (unpaired) electrons. The van der Waals surface area contributed by atoms with Crippen molar-refractivity contribution in [2.75, 3.05) is 59.6 Å². The maximum atomic E-state index is 6.27. The van der Waals surface area contributed by atoms with Gasteiger partial charge in [0.2, 0.25) is 0 Å². The highest BCUT2D eigenvalue weighted by molar-refractivity contribution is 14.0. The summed E-state index contributed by atoms with van der Waals surface area (Å²) in [5, 5.41) is 6.76. The van der Waals surface area contributed by atoms with Gasteiger partial charge in [-0.3, -0.25) is 9.89 Å². The fraction of sp³-hybridized carbons (Fsp3) is 0.944. The number of ether oxygens (including phenoxy) is 3. The van der Waals surface area contributed by atoms with Crippen molar-refractivity contribution in [1.29, 1.82) is 0 Å². The summed E-state index contributed by atoms with van der Waals surface area (Å²) in [4.78, 5) is 6.72. The van der Waals surface area contributed by atoms with Gasteiger partial charge in [0.25, 0.3) is 0 Å². The number of hydrogen-bond acceptors (Lipinski definition) is 5. The fourth-order valence-corrected chi connectivity index (χ4v) is 3.83. The molecule has 3 aliphatic rings. The Morgan fingerprint density at radius 2 is 1.85 bits per heavy atom. The third-order valence-corrected chi connectivity index (χ3v) is 5.32. The molecule has 0 aromatic heterocycles. The lowest BCUT2D eigenvalue weighted by atomic mass is 10.1. The first-order chi connectivity index (χ1) is 12.3. The molecule has 152 valence electrons. The Hall–Kier alpha value is -0.160. The zero-order valence-electron chi connectivity index (χ0n) is 16.0. The number of guanidine groups is 1. The summed E-state index contributed by atoms with van der Waals surface area (Å²) < 4.78 is 17.7. The first-order valence-electron chi connectivity index (χ1n) is 9.86. The molecular weight excluding hydrogens is 447 g/mol. The summed E-state index contributed by atoms with van der Waals surface area (Å²) in [6.45, 7) is 7.02. The normalized spacial score (nSPS) is 27.0. The topological polar surface area (TPSA) is 67.4 Å². The summed E-state index contributed by atoms with van der Waals surface area (Å²) >= 11 is 0. The summed E-state index contributed by atoms with van der Waals surface area (Å²) in [7, 11) is 1.81. The van der Waals surface area contributed by atoms with Crippen LogP contribution < -0.4 is 10.6 Å². The molecule has 0 aromatic rings. The van der Waals surface area contributed by atoms with Gasteiger partial charge in [-0.05, 0) is 12.8 Å². The Morgan fingerprint density at radius 3 is 2.54 bits per heavy atom. The van der Waals surface area contributed by atoms with Crippen LogP contribution in [0.3, 0.4) is 0 Å². The van der Waals surface area contributed by atoms with Crippen LogP contribution in [0.1, 0.15) is 38.5 Å². The molecule has 2 saturated heterocycles. The van der Waals surface area contributed by atoms with Crippen LogP contribution >= 0.6 is 24.0 Å². The van der Waals surface area contributed by atoms with Gasteiger partial charge in [0, 0.05) is 52.6 Å². The number of rotatable bonds is 5. The Kier molecular flexibility index (Phi) is 9.90. The number of nitrogens with one attached hydrogen (secondary N) is 2. The molecular formula is C18H35IN4O3. The molecule has 0 amide bonds. The lowest BCUT2D eigenvalue weighted by Crippen LogP contribution is -2.46. The molecule has 26 heavy (non-hydrogen) atoms. The van der Waals surface area contributed by atoms with Crippen LogP contribution in [0.25, 0.3) is 0 Å². The lowest BCUT2D eigenvalue weighted by Gasteiger charge is -2.27. The van der Waals surface area contributed by atoms with E-state index in [0.717, 1.165) is 64.7 Å². The van der Waals surface area contributed by atoms with Crippen LogP contribution in [0.15, 0.2) is 4.99 Å². The van der Waals surface area contributed by atoms with E-state index in [1.165, 1.54) is 25.7 Å². The molecule has 1 unspecified atom stereocenters. The number of aliphatic imine (C=N–C) groups is 1. The maximum Gasteiger partial charge on any atom is 0.191 e. The quantitative estimate of drug-likeness (QED) is 0.353. The monoisotopic (exact) mass is 482 g/mol. The van der Waals surface area contributed by atoms with Gasteiger partial charge < -0.3 is 24.8 Å². The van der Waals surface area contributed by atoms with Gasteiger partial charge in [0.1, 0.15) is 6.10 Å². The molecule has 3 fully saturated rings. The largest absolute Gasteiger partial charge is 0.379 e. The van der Waals surface area contributed by atoms with Crippen molar-refractivity contribution < 1.29 is 14.2 Å². The summed E-state index contributed by atoms with van der Waals surface area (Å²) in [6, 6.07) is 0. The summed E-state index contributed by atoms with van der Waals surface area (Å²) in [5.74, 6) is 0.523. The smallest absolute Gasteiger partial charge is 0.191 e. The molecule has 2 N–H and O–H groups in total. The van der Waals surface area contributed by atoms with E-state index in [4.69, 9.17) is 14.2 Å². The third-order valence-electron chi connectivity index (χ3n) is 5.32. The minimum Gasteiger partial charge on any atom is -0.379 e. The maximum absolute atomic E-state index is 6.27. The summed E-state index contributed by atoms with van der Waals surface area (Å²) in [6.07, 6.45) is 7.21. The van der Waals surface area contributed by atoms with E-state index in [2.05, 4.69) is 20.5 Å². The molecule has 2 heterocycles. The second-order valence-electron chi connectivity index (χ2n) is 7.21. The molecule has 3 rings (SSSR count). The third kappa shape index (κ3) is 6.78. The zero-order chi connectivity index (χ0) is 17.4. The van der Waals surface area contributed by atoms with Gasteiger partial charge in [-0.1, -0.05) is 12.8 Å². The van der Waals surface area contributed by atoms with Gasteiger partial charge in [-0.2, -0.15) is 0 Å². The predicted octanol–water partition coefficient (Wildman–Crippen LogP) is 1.57. The Bertz CT molecular complexity index is 425. The summed E-state index contributed by atoms with van der Waals surface area (Å²) in [5.41, 5.74) is 0. The fourth-order valence-electron chi connectivity index (χ4n) is 3.83. The van der Waals surface area contributed by atoms with Crippen molar-refractivity contribution in [2.24, 2.45) is 4.99 Å². The molecule has 1 aliphatic carbocycles. The number of nitrogens with zero attached hydrogens (tertiary/aromatic N) is 2. The van der Waals surface area contributed by atoms with E-state index >= 15 is 0 Å². The van der Waals surface area contributed by atoms with Crippen molar-refractivity contribution in [3.05, 3.63) is 0 Å². The van der Waals surface area contributed by atoms with Crippen LogP contribution in [0.4, 0.5) is 0 Å². The van der Waals surface area contributed by atoms with Crippen LogP contribution in [-0.4, -0.2) is 82.3 Å². The van der Waals surface area contributed by atoms with E-state index in [1.807, 2.05) is 7.05 Å². The molecule has 8 heteroatoms. The number of hydrogen-bond donors (Lipinski definition) is 2.